The number of nitrogens with zero attached hydrogens (tertiary/aromatic N) is 2. The van der Waals surface area contributed by atoms with Crippen LogP contribution in [-0.4, -0.2) is 51.1 Å². The second-order valence-corrected chi connectivity index (χ2v) is 7.46. The molecule has 2 aromatic carbocycles. The second-order valence-electron chi connectivity index (χ2n) is 7.46. The molecule has 28 heavy (non-hydrogen) atoms. The highest BCUT2D eigenvalue weighted by atomic mass is 16.5. The highest BCUT2D eigenvalue weighted by Gasteiger charge is 2.51. The molecule has 0 fully saturated rings. The number of hydrogen-bond acceptors (Lipinski definition) is 3. The first-order valence-corrected chi connectivity index (χ1v) is 9.64. The molecule has 1 aliphatic rings. The first-order valence-electron chi connectivity index (χ1n) is 9.64. The van der Waals surface area contributed by atoms with Crippen LogP contribution in [0.15, 0.2) is 54.6 Å². The minimum atomic E-state index is -0.876. The van der Waals surface area contributed by atoms with Gasteiger partial charge in [0.2, 0.25) is 11.8 Å². The Kier molecular flexibility index (Phi) is 6.15. The van der Waals surface area contributed by atoms with Crippen molar-refractivity contribution in [3.63, 3.8) is 0 Å². The monoisotopic (exact) mass is 380 g/mol. The quantitative estimate of drug-likeness (QED) is 0.662. The predicted octanol–water partition coefficient (Wildman–Crippen LogP) is 3.03. The van der Waals surface area contributed by atoms with Crippen molar-refractivity contribution in [3.8, 4) is 0 Å². The fourth-order valence-electron chi connectivity index (χ4n) is 4.03. The molecule has 0 saturated heterocycles. The van der Waals surface area contributed by atoms with Gasteiger partial charge in [-0.05, 0) is 30.0 Å². The summed E-state index contributed by atoms with van der Waals surface area (Å²) in [5.74, 6) is -0.0401. The lowest BCUT2D eigenvalue weighted by atomic mass is 9.73. The van der Waals surface area contributed by atoms with E-state index in [9.17, 15) is 9.59 Å². The van der Waals surface area contributed by atoms with Crippen molar-refractivity contribution in [1.29, 1.82) is 0 Å². The molecule has 148 valence electrons. The van der Waals surface area contributed by atoms with Crippen molar-refractivity contribution < 1.29 is 14.3 Å². The van der Waals surface area contributed by atoms with Crippen LogP contribution in [0.1, 0.15) is 24.0 Å². The molecule has 2 aromatic rings. The number of para-hydroxylation sites is 1. The first kappa shape index (κ1) is 20.1. The van der Waals surface area contributed by atoms with Crippen LogP contribution < -0.4 is 4.90 Å². The molecular weight excluding hydrogens is 352 g/mol. The van der Waals surface area contributed by atoms with Gasteiger partial charge in [0.05, 0.1) is 5.41 Å². The molecule has 0 unspecified atom stereocenters. The summed E-state index contributed by atoms with van der Waals surface area (Å²) in [6.45, 7) is 1.22. The zero-order chi connectivity index (χ0) is 20.1. The van der Waals surface area contributed by atoms with Gasteiger partial charge in [-0.3, -0.25) is 9.59 Å². The number of anilines is 1. The van der Waals surface area contributed by atoms with Crippen molar-refractivity contribution in [2.24, 2.45) is 0 Å². The number of carbonyl (C=O) groups excluding carboxylic acids is 2. The zero-order valence-electron chi connectivity index (χ0n) is 16.9. The molecule has 1 aliphatic heterocycles. The van der Waals surface area contributed by atoms with E-state index in [-0.39, 0.29) is 18.2 Å². The van der Waals surface area contributed by atoms with Crippen LogP contribution in [0.3, 0.4) is 0 Å². The number of methoxy groups -OCH3 is 1. The highest BCUT2D eigenvalue weighted by molar-refractivity contribution is 6.09. The van der Waals surface area contributed by atoms with Crippen molar-refractivity contribution in [2.45, 2.75) is 24.7 Å². The van der Waals surface area contributed by atoms with Gasteiger partial charge in [-0.2, -0.15) is 0 Å². The minimum Gasteiger partial charge on any atom is -0.385 e. The third kappa shape index (κ3) is 3.80. The standard InChI is InChI=1S/C23H28N2O3/c1-24(14-9-15-28-3)21(26)17-23(16-18-10-5-4-6-11-18)19-12-7-8-13-20(19)25(2)22(23)27/h4-8,10-13H,9,14-17H2,1-3H3/t23-/m0/s1. The smallest absolute Gasteiger partial charge is 0.238 e. The average Bonchev–Trinajstić information content (AvgIpc) is 2.91. The van der Waals surface area contributed by atoms with E-state index in [1.165, 1.54) is 0 Å². The van der Waals surface area contributed by atoms with Gasteiger partial charge in [-0.15, -0.1) is 0 Å². The summed E-state index contributed by atoms with van der Waals surface area (Å²) in [6.07, 6.45) is 1.44. The van der Waals surface area contributed by atoms with Crippen molar-refractivity contribution in [2.75, 3.05) is 39.3 Å². The van der Waals surface area contributed by atoms with Crippen LogP contribution in [-0.2, 0) is 26.2 Å². The number of amides is 2. The fourth-order valence-corrected chi connectivity index (χ4v) is 4.03. The van der Waals surface area contributed by atoms with E-state index in [0.717, 1.165) is 23.2 Å². The van der Waals surface area contributed by atoms with Crippen molar-refractivity contribution >= 4 is 17.5 Å². The van der Waals surface area contributed by atoms with Gasteiger partial charge in [0, 0.05) is 46.5 Å². The molecular formula is C23H28N2O3. The number of fused-ring (bicyclic) bond motifs is 1. The number of ether oxygens (including phenoxy) is 1. The Morgan fingerprint density at radius 3 is 2.50 bits per heavy atom. The Morgan fingerprint density at radius 1 is 1.11 bits per heavy atom. The van der Waals surface area contributed by atoms with E-state index in [1.54, 1.807) is 31.0 Å². The molecule has 3 rings (SSSR count). The Morgan fingerprint density at radius 2 is 1.79 bits per heavy atom. The summed E-state index contributed by atoms with van der Waals surface area (Å²) >= 11 is 0. The number of rotatable bonds is 8. The molecule has 0 spiro atoms. The van der Waals surface area contributed by atoms with Crippen LogP contribution in [0.25, 0.3) is 0 Å². The van der Waals surface area contributed by atoms with Crippen LogP contribution >= 0.6 is 0 Å². The molecule has 0 saturated carbocycles. The number of carbonyl (C=O) groups is 2. The molecule has 1 heterocycles. The summed E-state index contributed by atoms with van der Waals surface area (Å²) < 4.78 is 5.08. The van der Waals surface area contributed by atoms with E-state index in [4.69, 9.17) is 4.74 Å². The highest BCUT2D eigenvalue weighted by Crippen LogP contribution is 2.45. The molecule has 5 nitrogen and oxygen atoms in total. The van der Waals surface area contributed by atoms with E-state index in [2.05, 4.69) is 0 Å². The summed E-state index contributed by atoms with van der Waals surface area (Å²) in [4.78, 5) is 29.9. The lowest BCUT2D eigenvalue weighted by molar-refractivity contribution is -0.135. The van der Waals surface area contributed by atoms with Gasteiger partial charge < -0.3 is 14.5 Å². The van der Waals surface area contributed by atoms with Crippen LogP contribution in [0.4, 0.5) is 5.69 Å². The van der Waals surface area contributed by atoms with Gasteiger partial charge in [-0.25, -0.2) is 0 Å². The summed E-state index contributed by atoms with van der Waals surface area (Å²) in [5, 5.41) is 0. The molecule has 0 bridgehead atoms. The largest absolute Gasteiger partial charge is 0.385 e. The Bertz CT molecular complexity index is 837. The Labute approximate surface area is 166 Å². The molecule has 0 N–H and O–H groups in total. The predicted molar refractivity (Wildman–Crippen MR) is 110 cm³/mol. The van der Waals surface area contributed by atoms with Gasteiger partial charge in [-0.1, -0.05) is 48.5 Å². The molecule has 5 heteroatoms. The van der Waals surface area contributed by atoms with Crippen molar-refractivity contribution in [1.82, 2.24) is 4.90 Å². The maximum Gasteiger partial charge on any atom is 0.238 e. The maximum absolute atomic E-state index is 13.4. The fraction of sp³-hybridized carbons (Fsp3) is 0.391. The Balaban J connectivity index is 1.95. The van der Waals surface area contributed by atoms with Crippen LogP contribution in [0, 0.1) is 0 Å². The lowest BCUT2D eigenvalue weighted by Gasteiger charge is -2.30. The summed E-state index contributed by atoms with van der Waals surface area (Å²) in [6, 6.07) is 17.7. The van der Waals surface area contributed by atoms with Gasteiger partial charge in [0.25, 0.3) is 0 Å². The van der Waals surface area contributed by atoms with Gasteiger partial charge >= 0.3 is 0 Å². The maximum atomic E-state index is 13.4. The Hall–Kier alpha value is -2.66. The third-order valence-corrected chi connectivity index (χ3v) is 5.56. The van der Waals surface area contributed by atoms with Crippen LogP contribution in [0.5, 0.6) is 0 Å². The summed E-state index contributed by atoms with van der Waals surface area (Å²) in [5.41, 5.74) is 2.00. The molecule has 0 aliphatic carbocycles. The van der Waals surface area contributed by atoms with E-state index in [0.29, 0.717) is 19.6 Å². The normalized spacial score (nSPS) is 18.2. The SMILES string of the molecule is COCCCN(C)C(=O)C[C@]1(Cc2ccccc2)C(=O)N(C)c2ccccc21. The van der Waals surface area contributed by atoms with Crippen molar-refractivity contribution in [3.05, 3.63) is 65.7 Å². The minimum absolute atomic E-state index is 0.0174. The summed E-state index contributed by atoms with van der Waals surface area (Å²) in [7, 11) is 5.24. The first-order chi connectivity index (χ1) is 13.5. The second kappa shape index (κ2) is 8.57. The molecule has 0 aromatic heterocycles. The van der Waals surface area contributed by atoms with Gasteiger partial charge in [0.1, 0.15) is 0 Å². The number of likely N-dealkylation sites (N-methyl/N-ethyl adjacent to an activating group) is 1. The van der Waals surface area contributed by atoms with E-state index in [1.807, 2.05) is 54.6 Å². The van der Waals surface area contributed by atoms with Crippen LogP contribution in [0.2, 0.25) is 0 Å². The van der Waals surface area contributed by atoms with E-state index >= 15 is 0 Å². The van der Waals surface area contributed by atoms with E-state index < -0.39 is 5.41 Å². The average molecular weight is 380 g/mol. The lowest BCUT2D eigenvalue weighted by Crippen LogP contribution is -2.45. The molecule has 1 atom stereocenters. The molecule has 2 amide bonds. The van der Waals surface area contributed by atoms with Gasteiger partial charge in [0.15, 0.2) is 0 Å². The topological polar surface area (TPSA) is 49.9 Å². The zero-order valence-corrected chi connectivity index (χ0v) is 16.9. The number of benzene rings is 2. The number of hydrogen-bond donors (Lipinski definition) is 0. The third-order valence-electron chi connectivity index (χ3n) is 5.56. The molecule has 0 radical (unpaired) electrons.